The molecule has 35 atom stereocenters. The lowest BCUT2D eigenvalue weighted by atomic mass is 9.79. The lowest BCUT2D eigenvalue weighted by molar-refractivity contribution is -0.391. The molecule has 20 heterocycles. The van der Waals surface area contributed by atoms with Gasteiger partial charge in [0, 0.05) is 138 Å². The molecular weight excluding hydrogens is 1800 g/mol. The fourth-order valence-electron chi connectivity index (χ4n) is 16.0. The summed E-state index contributed by atoms with van der Waals surface area (Å²) in [5.41, 5.74) is 70.4. The van der Waals surface area contributed by atoms with E-state index in [-0.39, 0.29) is 0 Å². The van der Waals surface area contributed by atoms with Crippen LogP contribution in [0.3, 0.4) is 0 Å². The molecule has 20 saturated heterocycles. The Morgan fingerprint density at radius 2 is 0.346 bits per heavy atom. The third kappa shape index (κ3) is 28.6. The second-order valence-electron chi connectivity index (χ2n) is 29.9. The van der Waals surface area contributed by atoms with E-state index in [0.29, 0.717) is 0 Å². The van der Waals surface area contributed by atoms with Crippen molar-refractivity contribution >= 4 is 83.6 Å². The van der Waals surface area contributed by atoms with Crippen molar-refractivity contribution in [2.75, 3.05) is 45.8 Å². The first kappa shape index (κ1) is 106. The summed E-state index contributed by atoms with van der Waals surface area (Å²) in [5, 5.41) is 25.7. The molecule has 0 amide bonds. The molecule has 20 aliphatic heterocycles. The van der Waals surface area contributed by atoms with Crippen LogP contribution in [-0.2, 0) is 195 Å². The minimum atomic E-state index is -2.41. The van der Waals surface area contributed by atoms with Crippen molar-refractivity contribution in [1.82, 2.24) is 0 Å². The monoisotopic (exact) mass is 1900 g/mol. The average Bonchev–Trinajstić information content (AvgIpc) is 0.857. The molecule has 14 unspecified atom stereocenters. The molecule has 14 bridgehead atoms. The zero-order valence-electron chi connectivity index (χ0n) is 73.0. The van der Waals surface area contributed by atoms with E-state index < -0.39 is 350 Å². The van der Waals surface area contributed by atoms with Gasteiger partial charge < -0.3 is 128 Å². The Bertz CT molecular complexity index is 3830. The highest BCUT2D eigenvalue weighted by Crippen LogP contribution is 2.46. The van der Waals surface area contributed by atoms with E-state index in [9.17, 15) is 106 Å². The Morgan fingerprint density at radius 1 is 0.203 bits per heavy atom. The molecule has 0 aromatic rings. The van der Waals surface area contributed by atoms with Crippen LogP contribution in [0.2, 0.25) is 0 Å². The molecule has 1 saturated carbocycles. The molecule has 0 aromatic heterocycles. The highest BCUT2D eigenvalue weighted by Gasteiger charge is 2.65. The second-order valence-corrected chi connectivity index (χ2v) is 29.9. The minimum Gasteiger partial charge on any atom is -0.456 e. The van der Waals surface area contributed by atoms with Crippen LogP contribution in [0.5, 0.6) is 0 Å². The first-order valence-corrected chi connectivity index (χ1v) is 40.2. The van der Waals surface area contributed by atoms with Crippen molar-refractivity contribution in [3.8, 4) is 0 Å². The summed E-state index contributed by atoms with van der Waals surface area (Å²) in [5.74, 6) is -19.4. The fourth-order valence-corrected chi connectivity index (χ4v) is 16.0. The summed E-state index contributed by atoms with van der Waals surface area (Å²) in [4.78, 5) is 213. The van der Waals surface area contributed by atoms with E-state index in [0.717, 1.165) is 96.9 Å². The van der Waals surface area contributed by atoms with Crippen molar-refractivity contribution < 1.29 is 195 Å². The number of carbonyl (C=O) groups excluding carboxylic acids is 14. The highest BCUT2D eigenvalue weighted by molar-refractivity contribution is 5.72. The maximum atomic E-state index is 13.8. The van der Waals surface area contributed by atoms with Crippen molar-refractivity contribution in [2.24, 2.45) is 41.7 Å². The van der Waals surface area contributed by atoms with Crippen LogP contribution in [0.25, 0.3) is 73.1 Å². The maximum absolute atomic E-state index is 13.8. The molecule has 62 heteroatoms. The molecule has 0 aromatic carbocycles. The van der Waals surface area contributed by atoms with Crippen LogP contribution in [0.15, 0.2) is 35.8 Å². The number of nitrogens with zero attached hydrogens (tertiary/aromatic N) is 21. The van der Waals surface area contributed by atoms with Crippen molar-refractivity contribution in [2.45, 2.75) is 312 Å². The van der Waals surface area contributed by atoms with Gasteiger partial charge in [-0.3, -0.25) is 67.1 Å². The number of rotatable bonds is 28. The molecule has 728 valence electrons. The highest BCUT2D eigenvalue weighted by atomic mass is 16.8. The van der Waals surface area contributed by atoms with Gasteiger partial charge in [0.1, 0.15) is 42.7 Å². The summed E-state index contributed by atoms with van der Waals surface area (Å²) in [6, 6.07) is 0. The third-order valence-corrected chi connectivity index (χ3v) is 20.2. The van der Waals surface area contributed by atoms with Crippen molar-refractivity contribution in [1.29, 1.82) is 0 Å². The molecule has 1 aliphatic carbocycles. The van der Waals surface area contributed by atoms with Gasteiger partial charge in [-0.2, -0.15) is 0 Å². The van der Waals surface area contributed by atoms with Gasteiger partial charge in [-0.1, -0.05) is 35.8 Å². The van der Waals surface area contributed by atoms with Gasteiger partial charge in [0.15, 0.2) is 123 Å². The first-order chi connectivity index (χ1) is 63.2. The number of carbonyl (C=O) groups is 14. The topological polar surface area (TPSA) is 830 Å². The van der Waals surface area contributed by atoms with Gasteiger partial charge in [-0.15, -0.1) is 0 Å². The van der Waals surface area contributed by atoms with Gasteiger partial charge in [0.05, 0.1) is 82.0 Å². The standard InChI is InChI=1S/C71H93N21O41/c1-23(93)107-46-38-15-37(16-79-86-72)45(53(46)108-24(2)94)128-66-61(116-32(10)102)55(110-26(4)96)48(40(123-66)18-81-88-74)130-68-63(118-34(12)104)57(112-28(6)98)50(42(125-68)20-83-90-76)132-70-65(120-36(14)106)59(114-30(8)100)52(44(127-70)22-85-92-78)133-71-64(119-35(13)105)58(113-29(7)99)51(43(126-71)21-84-91-77)131-69-62(117-33(11)103)56(111-27(5)97)49(41(124-69)19-82-89-75)129-67-60(115-31(9)101)54(109-25(3)95)47(121-38)39(122-67)17-80-87-73/h37-71H,15-22H2,1-14H3/t37?,38-,39?,40?,41?,42?,43?,44?,45+,46?,47+,48+,49+,50+,51+,52+,53+,54+,55+,56+,57-,58+,59+,60?,61?,62?,63?,64?,65?,66+,67+,68-,69+,70-,71-/m1/s1. The van der Waals surface area contributed by atoms with Crippen molar-refractivity contribution in [3.63, 3.8) is 0 Å². The Balaban J connectivity index is 1.49. The second kappa shape index (κ2) is 49.6. The summed E-state index contributed by atoms with van der Waals surface area (Å²) >= 11 is 0. The number of azide groups is 7. The molecule has 133 heavy (non-hydrogen) atoms. The quantitative estimate of drug-likeness (QED) is 0.0357. The molecule has 0 spiro atoms. The van der Waals surface area contributed by atoms with Crippen LogP contribution in [0.4, 0.5) is 0 Å². The summed E-state index contributed by atoms with van der Waals surface area (Å²) in [6.45, 7) is 4.55. The smallest absolute Gasteiger partial charge is 0.303 e. The predicted molar refractivity (Wildman–Crippen MR) is 414 cm³/mol. The van der Waals surface area contributed by atoms with Gasteiger partial charge in [0.25, 0.3) is 0 Å². The molecule has 21 aliphatic rings. The molecule has 62 nitrogen and oxygen atoms in total. The first-order valence-electron chi connectivity index (χ1n) is 40.2. The van der Waals surface area contributed by atoms with E-state index in [2.05, 4.69) is 70.2 Å². The normalized spacial score (nSPS) is 35.6. The number of esters is 14. The van der Waals surface area contributed by atoms with Crippen LogP contribution in [0, 0.1) is 5.92 Å². The number of hydrogen-bond acceptors (Lipinski definition) is 48. The van der Waals surface area contributed by atoms with Gasteiger partial charge >= 0.3 is 83.6 Å². The largest absolute Gasteiger partial charge is 0.456 e. The maximum Gasteiger partial charge on any atom is 0.303 e. The third-order valence-electron chi connectivity index (χ3n) is 20.2. The predicted octanol–water partition coefficient (Wildman–Crippen LogP) is 2.65. The van der Waals surface area contributed by atoms with E-state index in [1.807, 2.05) is 0 Å². The number of hydrogen-bond donors (Lipinski definition) is 0. The van der Waals surface area contributed by atoms with Gasteiger partial charge in [-0.25, -0.2) is 0 Å². The van der Waals surface area contributed by atoms with Crippen LogP contribution in [0.1, 0.15) is 103 Å². The zero-order chi connectivity index (χ0) is 97.9. The van der Waals surface area contributed by atoms with Crippen molar-refractivity contribution in [3.05, 3.63) is 73.1 Å². The zero-order valence-corrected chi connectivity index (χ0v) is 73.0. The fraction of sp³-hybridized carbons (Fsp3) is 0.803. The van der Waals surface area contributed by atoms with Gasteiger partial charge in [0.2, 0.25) is 0 Å². The van der Waals surface area contributed by atoms with E-state index in [1.54, 1.807) is 0 Å². The molecule has 21 rings (SSSR count). The van der Waals surface area contributed by atoms with E-state index >= 15 is 0 Å². The molecule has 21 fully saturated rings. The lowest BCUT2D eigenvalue weighted by Crippen LogP contribution is -2.70. The Hall–Kier alpha value is -12.8. The molecular formula is C71H93N21O41. The Kier molecular flexibility index (Phi) is 39.4. The average molecular weight is 1900 g/mol. The Morgan fingerprint density at radius 3 is 0.519 bits per heavy atom. The summed E-state index contributed by atoms with van der Waals surface area (Å²) in [7, 11) is 0. The van der Waals surface area contributed by atoms with Gasteiger partial charge in [-0.05, 0) is 51.1 Å². The number of ether oxygens (including phenoxy) is 27. The summed E-state index contributed by atoms with van der Waals surface area (Å²) < 4.78 is 169. The van der Waals surface area contributed by atoms with Crippen LogP contribution >= 0.6 is 0 Å². The Labute approximate surface area is 749 Å². The molecule has 0 N–H and O–H groups in total. The van der Waals surface area contributed by atoms with E-state index in [4.69, 9.17) is 128 Å². The minimum absolute atomic E-state index is 0.727. The van der Waals surface area contributed by atoms with E-state index in [1.165, 1.54) is 0 Å². The molecule has 0 radical (unpaired) electrons. The van der Waals surface area contributed by atoms with Crippen LogP contribution in [-0.4, -0.2) is 338 Å². The van der Waals surface area contributed by atoms with Crippen LogP contribution < -0.4 is 0 Å². The lowest BCUT2D eigenvalue weighted by Gasteiger charge is -2.52. The SMILES string of the molecule is CC(=O)OC1[C@@H]2OC(CN=[N+]=[N-])[C@H](O[C@@H]3OC(CN=[N+]=[N-])[C@H](O[C@@H]4OC(CN=[N+]=[N-])[C@H](O[C@@H]5CC(CN=[N+]=[N-])[C@H](O[C@@H]6OC(CN=[N+]=[N-])[C@H](O[C@H]7OC(CN=[N+]=[N-])[C@H](O[C@H]8OC(CN=[N+]=[N-])[C@H](O2)[C@H](OC(C)=O)C8OC(C)=O)[C@@H](OC(C)=O)C7OC(C)=O)[C@H](OC(C)=O)C6OC(C)=O)[C@H](OC(C)=O)C5OC(C)=O)[C@H](OC(C)=O)C4OC(C)=O)[C@H](OC(C)=O)C3OC(C)=O)[C@@H]1OC(C)=O. The summed E-state index contributed by atoms with van der Waals surface area (Å²) in [6.07, 6.45) is -76.4.